The number of carbonyl (C=O) groups excluding carboxylic acids is 1. The SMILES string of the molecule is CC(C)(C)CC(=O)c1c(-c2ccc3cc(OCC(=O)O)ccc3c2)oc2ccccc12. The third-order valence-corrected chi connectivity index (χ3v) is 5.00. The minimum absolute atomic E-state index is 0.0602. The van der Waals surface area contributed by atoms with E-state index in [2.05, 4.69) is 0 Å². The fourth-order valence-electron chi connectivity index (χ4n) is 3.70. The van der Waals surface area contributed by atoms with Crippen LogP contribution in [0.2, 0.25) is 0 Å². The van der Waals surface area contributed by atoms with Crippen LogP contribution in [0.25, 0.3) is 33.1 Å². The maximum absolute atomic E-state index is 13.2. The Bertz CT molecular complexity index is 1290. The molecule has 5 nitrogen and oxygen atoms in total. The number of hydrogen-bond acceptors (Lipinski definition) is 4. The minimum Gasteiger partial charge on any atom is -0.482 e. The zero-order valence-corrected chi connectivity index (χ0v) is 17.8. The quantitative estimate of drug-likeness (QED) is 0.371. The van der Waals surface area contributed by atoms with Crippen molar-refractivity contribution in [3.8, 4) is 17.1 Å². The second kappa shape index (κ2) is 7.91. The minimum atomic E-state index is -1.02. The molecule has 0 fully saturated rings. The number of benzene rings is 3. The molecular formula is C26H24O5. The third kappa shape index (κ3) is 4.45. The first kappa shape index (κ1) is 20.7. The summed E-state index contributed by atoms with van der Waals surface area (Å²) in [5, 5.41) is 11.5. The van der Waals surface area contributed by atoms with E-state index in [1.54, 1.807) is 12.1 Å². The monoisotopic (exact) mass is 416 g/mol. The van der Waals surface area contributed by atoms with Crippen molar-refractivity contribution in [1.82, 2.24) is 0 Å². The zero-order valence-electron chi connectivity index (χ0n) is 17.8. The largest absolute Gasteiger partial charge is 0.482 e. The van der Waals surface area contributed by atoms with Gasteiger partial charge in [-0.25, -0.2) is 4.79 Å². The molecule has 1 N–H and O–H groups in total. The van der Waals surface area contributed by atoms with Gasteiger partial charge >= 0.3 is 5.97 Å². The molecule has 3 aromatic carbocycles. The van der Waals surface area contributed by atoms with Crippen LogP contribution < -0.4 is 4.74 Å². The van der Waals surface area contributed by atoms with E-state index in [0.29, 0.717) is 29.1 Å². The van der Waals surface area contributed by atoms with Crippen LogP contribution >= 0.6 is 0 Å². The van der Waals surface area contributed by atoms with Crippen molar-refractivity contribution in [2.75, 3.05) is 6.61 Å². The summed E-state index contributed by atoms with van der Waals surface area (Å²) in [6.07, 6.45) is 0.418. The third-order valence-electron chi connectivity index (χ3n) is 5.00. The molecule has 0 atom stereocenters. The van der Waals surface area contributed by atoms with E-state index < -0.39 is 5.97 Å². The number of carboxylic acids is 1. The highest BCUT2D eigenvalue weighted by atomic mass is 16.5. The molecule has 0 saturated carbocycles. The van der Waals surface area contributed by atoms with E-state index in [1.807, 2.05) is 69.3 Å². The molecule has 0 aliphatic heterocycles. The molecule has 0 aliphatic carbocycles. The predicted octanol–water partition coefficient (Wildman–Crippen LogP) is 6.34. The molecule has 0 amide bonds. The Morgan fingerprint density at radius 2 is 1.68 bits per heavy atom. The van der Waals surface area contributed by atoms with Crippen molar-refractivity contribution in [1.29, 1.82) is 0 Å². The van der Waals surface area contributed by atoms with Crippen molar-refractivity contribution >= 4 is 33.5 Å². The normalized spacial score (nSPS) is 11.7. The van der Waals surface area contributed by atoms with Crippen LogP contribution in [0.5, 0.6) is 5.75 Å². The van der Waals surface area contributed by atoms with Gasteiger partial charge in [-0.15, -0.1) is 0 Å². The standard InChI is InChI=1S/C26H24O5/c1-26(2,3)14-21(27)24-20-6-4-5-7-22(20)31-25(24)18-9-8-17-13-19(30-15-23(28)29)11-10-16(17)12-18/h4-13H,14-15H2,1-3H3,(H,28,29). The maximum Gasteiger partial charge on any atom is 0.341 e. The van der Waals surface area contributed by atoms with Crippen LogP contribution in [0.4, 0.5) is 0 Å². The van der Waals surface area contributed by atoms with Crippen LogP contribution in [0.1, 0.15) is 37.6 Å². The van der Waals surface area contributed by atoms with E-state index in [-0.39, 0.29) is 17.8 Å². The molecule has 1 aromatic heterocycles. The number of furan rings is 1. The highest BCUT2D eigenvalue weighted by Crippen LogP contribution is 2.37. The van der Waals surface area contributed by atoms with E-state index in [0.717, 1.165) is 21.7 Å². The van der Waals surface area contributed by atoms with Crippen LogP contribution in [-0.4, -0.2) is 23.5 Å². The molecule has 4 aromatic rings. The van der Waals surface area contributed by atoms with Crippen molar-refractivity contribution in [2.45, 2.75) is 27.2 Å². The van der Waals surface area contributed by atoms with Crippen LogP contribution in [0.3, 0.4) is 0 Å². The van der Waals surface area contributed by atoms with Crippen LogP contribution in [0.15, 0.2) is 65.1 Å². The first-order valence-electron chi connectivity index (χ1n) is 10.1. The lowest BCUT2D eigenvalue weighted by molar-refractivity contribution is -0.139. The van der Waals surface area contributed by atoms with Crippen molar-refractivity contribution in [2.24, 2.45) is 5.41 Å². The first-order valence-corrected chi connectivity index (χ1v) is 10.1. The lowest BCUT2D eigenvalue weighted by Crippen LogP contribution is -2.13. The Kier molecular flexibility index (Phi) is 5.27. The number of para-hydroxylation sites is 1. The molecule has 31 heavy (non-hydrogen) atoms. The lowest BCUT2D eigenvalue weighted by atomic mass is 9.86. The lowest BCUT2D eigenvalue weighted by Gasteiger charge is -2.17. The molecule has 0 saturated heterocycles. The number of hydrogen-bond donors (Lipinski definition) is 1. The van der Waals surface area contributed by atoms with Gasteiger partial charge in [0.15, 0.2) is 12.4 Å². The number of ketones is 1. The van der Waals surface area contributed by atoms with Gasteiger partial charge < -0.3 is 14.3 Å². The number of carboxylic acid groups (broad SMARTS) is 1. The molecule has 1 heterocycles. The number of aliphatic carboxylic acids is 1. The Labute approximate surface area is 180 Å². The fraction of sp³-hybridized carbons (Fsp3) is 0.231. The fourth-order valence-corrected chi connectivity index (χ4v) is 3.70. The first-order chi connectivity index (χ1) is 14.7. The number of fused-ring (bicyclic) bond motifs is 2. The molecular weight excluding hydrogens is 392 g/mol. The summed E-state index contributed by atoms with van der Waals surface area (Å²) < 4.78 is 11.4. The van der Waals surface area contributed by atoms with Gasteiger partial charge in [0.2, 0.25) is 0 Å². The van der Waals surface area contributed by atoms with Gasteiger partial charge in [0, 0.05) is 17.4 Å². The van der Waals surface area contributed by atoms with E-state index in [4.69, 9.17) is 14.3 Å². The second-order valence-electron chi connectivity index (χ2n) is 8.87. The summed E-state index contributed by atoms with van der Waals surface area (Å²) in [6, 6.07) is 18.8. The van der Waals surface area contributed by atoms with Gasteiger partial charge in [0.1, 0.15) is 17.1 Å². The van der Waals surface area contributed by atoms with Crippen LogP contribution in [-0.2, 0) is 4.79 Å². The number of ether oxygens (including phenoxy) is 1. The highest BCUT2D eigenvalue weighted by Gasteiger charge is 2.25. The predicted molar refractivity (Wildman–Crippen MR) is 121 cm³/mol. The summed E-state index contributed by atoms with van der Waals surface area (Å²) >= 11 is 0. The highest BCUT2D eigenvalue weighted by molar-refractivity contribution is 6.12. The zero-order chi connectivity index (χ0) is 22.2. The molecule has 0 unspecified atom stereocenters. The van der Waals surface area contributed by atoms with Crippen molar-refractivity contribution in [3.05, 3.63) is 66.2 Å². The van der Waals surface area contributed by atoms with E-state index in [1.165, 1.54) is 0 Å². The van der Waals surface area contributed by atoms with E-state index in [9.17, 15) is 9.59 Å². The van der Waals surface area contributed by atoms with Gasteiger partial charge in [-0.1, -0.05) is 57.2 Å². The molecule has 158 valence electrons. The van der Waals surface area contributed by atoms with Crippen molar-refractivity contribution in [3.63, 3.8) is 0 Å². The Morgan fingerprint density at radius 3 is 2.42 bits per heavy atom. The average molecular weight is 416 g/mol. The summed E-state index contributed by atoms with van der Waals surface area (Å²) in [5.41, 5.74) is 1.99. The van der Waals surface area contributed by atoms with Crippen molar-refractivity contribution < 1.29 is 23.8 Å². The van der Waals surface area contributed by atoms with Crippen LogP contribution in [0, 0.1) is 5.41 Å². The van der Waals surface area contributed by atoms with Gasteiger partial charge in [0.05, 0.1) is 5.56 Å². The Hall–Kier alpha value is -3.60. The average Bonchev–Trinajstić information content (AvgIpc) is 3.10. The summed E-state index contributed by atoms with van der Waals surface area (Å²) in [4.78, 5) is 24.0. The Balaban J connectivity index is 1.79. The molecule has 0 aliphatic rings. The van der Waals surface area contributed by atoms with Gasteiger partial charge in [0.25, 0.3) is 0 Å². The number of rotatable bonds is 6. The Morgan fingerprint density at radius 1 is 0.968 bits per heavy atom. The second-order valence-corrected chi connectivity index (χ2v) is 8.87. The summed E-state index contributed by atoms with van der Waals surface area (Å²) in [7, 11) is 0. The van der Waals surface area contributed by atoms with Gasteiger partial charge in [-0.2, -0.15) is 0 Å². The molecule has 4 rings (SSSR count). The maximum atomic E-state index is 13.2. The summed E-state index contributed by atoms with van der Waals surface area (Å²) in [5.74, 6) is 0.105. The molecule has 5 heteroatoms. The van der Waals surface area contributed by atoms with Gasteiger partial charge in [-0.05, 0) is 40.5 Å². The smallest absolute Gasteiger partial charge is 0.341 e. The topological polar surface area (TPSA) is 76.7 Å². The molecule has 0 spiro atoms. The molecule has 0 bridgehead atoms. The number of carbonyl (C=O) groups is 2. The van der Waals surface area contributed by atoms with Gasteiger partial charge in [-0.3, -0.25) is 4.79 Å². The summed E-state index contributed by atoms with van der Waals surface area (Å²) in [6.45, 7) is 5.76. The number of Topliss-reactive ketones (excluding diaryl/α,β-unsaturated/α-hetero) is 1. The molecule has 0 radical (unpaired) electrons. The van der Waals surface area contributed by atoms with E-state index >= 15 is 0 Å².